The van der Waals surface area contributed by atoms with E-state index in [2.05, 4.69) is 4.98 Å². The molecule has 0 aliphatic rings. The molecular weight excluding hydrogens is 320 g/mol. The second kappa shape index (κ2) is 8.83. The third kappa shape index (κ3) is 4.71. The summed E-state index contributed by atoms with van der Waals surface area (Å²) in [4.78, 5) is 42.0. The zero-order chi connectivity index (χ0) is 19.3. The van der Waals surface area contributed by atoms with Gasteiger partial charge in [0.2, 0.25) is 5.91 Å². The maximum atomic E-state index is 13.0. The van der Waals surface area contributed by atoms with Crippen molar-refractivity contribution in [2.24, 2.45) is 5.92 Å². The zero-order valence-electron chi connectivity index (χ0n) is 16.4. The van der Waals surface area contributed by atoms with E-state index in [1.54, 1.807) is 32.6 Å². The van der Waals surface area contributed by atoms with Crippen LogP contribution < -0.4 is 0 Å². The van der Waals surface area contributed by atoms with Crippen molar-refractivity contribution in [1.29, 1.82) is 0 Å². The number of aryl methyl sites for hydroxylation is 1. The van der Waals surface area contributed by atoms with Crippen molar-refractivity contribution in [3.63, 3.8) is 0 Å². The van der Waals surface area contributed by atoms with Crippen molar-refractivity contribution in [2.75, 3.05) is 13.2 Å². The third-order valence-electron chi connectivity index (χ3n) is 4.25. The molecule has 0 saturated heterocycles. The molecule has 0 radical (unpaired) electrons. The quantitative estimate of drug-likeness (QED) is 0.576. The van der Waals surface area contributed by atoms with Crippen LogP contribution in [-0.4, -0.2) is 46.7 Å². The number of amides is 1. The minimum atomic E-state index is -0.584. The summed E-state index contributed by atoms with van der Waals surface area (Å²) in [6.45, 7) is 13.5. The molecule has 1 atom stereocenters. The molecule has 25 heavy (non-hydrogen) atoms. The first-order chi connectivity index (χ1) is 11.6. The maximum Gasteiger partial charge on any atom is 0.355 e. The Morgan fingerprint density at radius 3 is 2.20 bits per heavy atom. The van der Waals surface area contributed by atoms with Gasteiger partial charge in [0.05, 0.1) is 12.6 Å². The molecule has 0 aliphatic heterocycles. The fraction of sp³-hybridized carbons (Fsp3) is 0.632. The van der Waals surface area contributed by atoms with E-state index < -0.39 is 12.0 Å². The lowest BCUT2D eigenvalue weighted by Crippen LogP contribution is -2.43. The second-order valence-corrected chi connectivity index (χ2v) is 6.66. The summed E-state index contributed by atoms with van der Waals surface area (Å²) in [6, 6.07) is -0.584. The number of hydrogen-bond acceptors (Lipinski definition) is 4. The van der Waals surface area contributed by atoms with Crippen LogP contribution in [-0.2, 0) is 9.53 Å². The summed E-state index contributed by atoms with van der Waals surface area (Å²) in [5.41, 5.74) is 1.95. The highest BCUT2D eigenvalue weighted by Crippen LogP contribution is 2.22. The van der Waals surface area contributed by atoms with Crippen LogP contribution in [0.2, 0.25) is 0 Å². The van der Waals surface area contributed by atoms with Crippen LogP contribution in [0, 0.1) is 19.8 Å². The molecule has 0 aromatic carbocycles. The highest BCUT2D eigenvalue weighted by molar-refractivity contribution is 6.06. The van der Waals surface area contributed by atoms with Crippen LogP contribution in [0.1, 0.15) is 73.1 Å². The van der Waals surface area contributed by atoms with Crippen molar-refractivity contribution < 1.29 is 19.1 Å². The molecule has 1 N–H and O–H groups in total. The van der Waals surface area contributed by atoms with E-state index in [1.807, 2.05) is 20.8 Å². The van der Waals surface area contributed by atoms with E-state index in [0.717, 1.165) is 0 Å². The van der Waals surface area contributed by atoms with Crippen LogP contribution in [0.25, 0.3) is 0 Å². The molecular formula is C19H30N2O4. The second-order valence-electron chi connectivity index (χ2n) is 6.66. The fourth-order valence-corrected chi connectivity index (χ4v) is 3.01. The fourth-order valence-electron chi connectivity index (χ4n) is 3.01. The Balaban J connectivity index is 3.13. The number of carbonyl (C=O) groups is 3. The highest BCUT2D eigenvalue weighted by Gasteiger charge is 2.30. The number of aromatic nitrogens is 1. The van der Waals surface area contributed by atoms with Gasteiger partial charge in [-0.2, -0.15) is 0 Å². The Kier molecular flexibility index (Phi) is 7.39. The summed E-state index contributed by atoms with van der Waals surface area (Å²) in [5.74, 6) is -0.441. The van der Waals surface area contributed by atoms with Gasteiger partial charge in [0.1, 0.15) is 5.69 Å². The van der Waals surface area contributed by atoms with Crippen LogP contribution in [0.5, 0.6) is 0 Å². The number of ether oxygens (including phenoxy) is 1. The van der Waals surface area contributed by atoms with Crippen molar-refractivity contribution in [3.05, 3.63) is 22.5 Å². The average Bonchev–Trinajstić information content (AvgIpc) is 2.81. The molecule has 6 heteroatoms. The molecule has 140 valence electrons. The number of Topliss-reactive ketones (excluding diaryl/α,β-unsaturated/α-hetero) is 1. The van der Waals surface area contributed by atoms with Gasteiger partial charge < -0.3 is 14.6 Å². The first-order valence-corrected chi connectivity index (χ1v) is 8.85. The first kappa shape index (κ1) is 20.9. The minimum Gasteiger partial charge on any atom is -0.461 e. The molecule has 1 heterocycles. The molecule has 0 unspecified atom stereocenters. The van der Waals surface area contributed by atoms with Gasteiger partial charge in [-0.25, -0.2) is 4.79 Å². The summed E-state index contributed by atoms with van der Waals surface area (Å²) in [6.07, 6.45) is 0.407. The van der Waals surface area contributed by atoms with Gasteiger partial charge in [-0.3, -0.25) is 9.59 Å². The normalized spacial score (nSPS) is 12.2. The summed E-state index contributed by atoms with van der Waals surface area (Å²) < 4.78 is 5.02. The van der Waals surface area contributed by atoms with Gasteiger partial charge >= 0.3 is 5.97 Å². The van der Waals surface area contributed by atoms with E-state index in [9.17, 15) is 14.4 Å². The number of likely N-dealkylation sites (N-methyl/N-ethyl adjacent to an activating group) is 1. The molecule has 1 aromatic heterocycles. The van der Waals surface area contributed by atoms with Crippen LogP contribution in [0.4, 0.5) is 0 Å². The predicted molar refractivity (Wildman–Crippen MR) is 96.9 cm³/mol. The Morgan fingerprint density at radius 2 is 1.72 bits per heavy atom. The van der Waals surface area contributed by atoms with Crippen molar-refractivity contribution in [2.45, 2.75) is 60.9 Å². The molecule has 1 amide bonds. The Labute approximate surface area is 149 Å². The smallest absolute Gasteiger partial charge is 0.355 e. The molecule has 1 aromatic rings. The lowest BCUT2D eigenvalue weighted by Gasteiger charge is -2.28. The van der Waals surface area contributed by atoms with Gasteiger partial charge in [0.25, 0.3) is 0 Å². The number of ketones is 1. The van der Waals surface area contributed by atoms with Crippen molar-refractivity contribution in [3.8, 4) is 0 Å². The molecule has 0 spiro atoms. The van der Waals surface area contributed by atoms with Gasteiger partial charge in [-0.05, 0) is 46.1 Å². The monoisotopic (exact) mass is 350 g/mol. The van der Waals surface area contributed by atoms with Gasteiger partial charge in [0, 0.05) is 24.2 Å². The molecule has 0 saturated carbocycles. The number of carbonyl (C=O) groups excluding carboxylic acids is 3. The van der Waals surface area contributed by atoms with E-state index in [-0.39, 0.29) is 24.2 Å². The SMILES string of the molecule is CCOC(=O)c1[nH]c(C)c(C(=O)[C@H](C)N(CC)C(=O)CC(C)C)c1C. The zero-order valence-corrected chi connectivity index (χ0v) is 16.4. The number of hydrogen-bond donors (Lipinski definition) is 1. The Morgan fingerprint density at radius 1 is 1.12 bits per heavy atom. The number of esters is 1. The number of rotatable bonds is 8. The largest absolute Gasteiger partial charge is 0.461 e. The van der Waals surface area contributed by atoms with Crippen molar-refractivity contribution >= 4 is 17.7 Å². The number of aromatic amines is 1. The van der Waals surface area contributed by atoms with Crippen LogP contribution >= 0.6 is 0 Å². The third-order valence-corrected chi connectivity index (χ3v) is 4.25. The summed E-state index contributed by atoms with van der Waals surface area (Å²) >= 11 is 0. The van der Waals surface area contributed by atoms with Gasteiger partial charge in [-0.15, -0.1) is 0 Å². The summed E-state index contributed by atoms with van der Waals surface area (Å²) in [5, 5.41) is 0. The van der Waals surface area contributed by atoms with Crippen LogP contribution in [0.15, 0.2) is 0 Å². The molecule has 0 aliphatic carbocycles. The predicted octanol–water partition coefficient (Wildman–Crippen LogP) is 3.27. The maximum absolute atomic E-state index is 13.0. The molecule has 0 bridgehead atoms. The van der Waals surface area contributed by atoms with Crippen molar-refractivity contribution in [1.82, 2.24) is 9.88 Å². The Hall–Kier alpha value is -2.11. The highest BCUT2D eigenvalue weighted by atomic mass is 16.5. The first-order valence-electron chi connectivity index (χ1n) is 8.85. The molecule has 1 rings (SSSR count). The number of nitrogens with zero attached hydrogens (tertiary/aromatic N) is 1. The van der Waals surface area contributed by atoms with E-state index in [0.29, 0.717) is 35.5 Å². The van der Waals surface area contributed by atoms with Crippen LogP contribution in [0.3, 0.4) is 0 Å². The van der Waals surface area contributed by atoms with Gasteiger partial charge in [0.15, 0.2) is 5.78 Å². The number of nitrogens with one attached hydrogen (secondary N) is 1. The van der Waals surface area contributed by atoms with E-state index in [4.69, 9.17) is 4.74 Å². The van der Waals surface area contributed by atoms with E-state index in [1.165, 1.54) is 0 Å². The summed E-state index contributed by atoms with van der Waals surface area (Å²) in [7, 11) is 0. The van der Waals surface area contributed by atoms with Gasteiger partial charge in [-0.1, -0.05) is 13.8 Å². The van der Waals surface area contributed by atoms with E-state index >= 15 is 0 Å². The molecule has 0 fully saturated rings. The average molecular weight is 350 g/mol. The molecule has 6 nitrogen and oxygen atoms in total. The standard InChI is InChI=1S/C19H30N2O4/c1-8-21(15(22)10-11(3)4)14(7)18(23)16-12(5)17(20-13(16)6)19(24)25-9-2/h11,14,20H,8-10H2,1-7H3/t14-/m0/s1. The lowest BCUT2D eigenvalue weighted by molar-refractivity contribution is -0.133. The Bertz CT molecular complexity index is 646. The minimum absolute atomic E-state index is 0.0326. The number of H-pyrrole nitrogens is 1. The topological polar surface area (TPSA) is 79.5 Å². The lowest BCUT2D eigenvalue weighted by atomic mass is 9.99.